The Morgan fingerprint density at radius 2 is 2.28 bits per heavy atom. The average molecular weight is 346 g/mol. The highest BCUT2D eigenvalue weighted by Crippen LogP contribution is 2.62. The van der Waals surface area contributed by atoms with E-state index in [1.165, 1.54) is 18.2 Å². The molecular formula is C21H30O4. The molecule has 0 radical (unpaired) electrons. The van der Waals surface area contributed by atoms with E-state index in [1.54, 1.807) is 12.5 Å². The molecular weight excluding hydrogens is 316 g/mol. The first-order valence-electron chi connectivity index (χ1n) is 9.36. The number of carbonyl (C=O) groups is 1. The summed E-state index contributed by atoms with van der Waals surface area (Å²) in [5.41, 5.74) is 1.72. The number of aliphatic hydroxyl groups is 1. The van der Waals surface area contributed by atoms with E-state index in [0.717, 1.165) is 44.9 Å². The van der Waals surface area contributed by atoms with Crippen LogP contribution in [0.5, 0.6) is 0 Å². The minimum Gasteiger partial charge on any atom is -0.472 e. The van der Waals surface area contributed by atoms with Gasteiger partial charge >= 0.3 is 5.97 Å². The Balaban J connectivity index is 1.89. The van der Waals surface area contributed by atoms with Crippen LogP contribution in [-0.4, -0.2) is 24.8 Å². The molecule has 0 amide bonds. The molecule has 138 valence electrons. The maximum Gasteiger partial charge on any atom is 0.314 e. The zero-order chi connectivity index (χ0) is 18.1. The molecule has 1 aromatic heterocycles. The monoisotopic (exact) mass is 346 g/mol. The van der Waals surface area contributed by atoms with Gasteiger partial charge in [0.1, 0.15) is 0 Å². The number of ether oxygens (including phenoxy) is 1. The predicted octanol–water partition coefficient (Wildman–Crippen LogP) is 4.14. The number of aryl methyl sites for hydroxylation is 1. The highest BCUT2D eigenvalue weighted by Gasteiger charge is 2.59. The van der Waals surface area contributed by atoms with Crippen molar-refractivity contribution in [1.82, 2.24) is 0 Å². The van der Waals surface area contributed by atoms with E-state index < -0.39 is 5.41 Å². The van der Waals surface area contributed by atoms with Gasteiger partial charge in [-0.2, -0.15) is 0 Å². The van der Waals surface area contributed by atoms with Crippen LogP contribution < -0.4 is 0 Å². The van der Waals surface area contributed by atoms with Gasteiger partial charge in [0.15, 0.2) is 0 Å². The summed E-state index contributed by atoms with van der Waals surface area (Å²) < 4.78 is 10.3. The van der Waals surface area contributed by atoms with E-state index in [9.17, 15) is 9.90 Å². The molecule has 2 aliphatic rings. The van der Waals surface area contributed by atoms with Crippen molar-refractivity contribution in [1.29, 1.82) is 0 Å². The lowest BCUT2D eigenvalue weighted by atomic mass is 9.46. The van der Waals surface area contributed by atoms with Crippen molar-refractivity contribution >= 4 is 5.97 Å². The number of methoxy groups -OCH3 is 1. The van der Waals surface area contributed by atoms with Gasteiger partial charge in [-0.15, -0.1) is 0 Å². The largest absolute Gasteiger partial charge is 0.472 e. The summed E-state index contributed by atoms with van der Waals surface area (Å²) in [6.45, 7) is 6.54. The van der Waals surface area contributed by atoms with Crippen LogP contribution in [0.2, 0.25) is 0 Å². The first-order chi connectivity index (χ1) is 12.0. The second kappa shape index (κ2) is 6.99. The van der Waals surface area contributed by atoms with Crippen molar-refractivity contribution in [3.8, 4) is 0 Å². The van der Waals surface area contributed by atoms with Crippen molar-refractivity contribution in [2.24, 2.45) is 22.7 Å². The van der Waals surface area contributed by atoms with Crippen LogP contribution in [0, 0.1) is 22.7 Å². The lowest BCUT2D eigenvalue weighted by Crippen LogP contribution is -2.56. The van der Waals surface area contributed by atoms with Crippen LogP contribution in [0.3, 0.4) is 0 Å². The highest BCUT2D eigenvalue weighted by molar-refractivity contribution is 5.77. The summed E-state index contributed by atoms with van der Waals surface area (Å²) >= 11 is 0. The molecule has 1 N–H and O–H groups in total. The average Bonchev–Trinajstić information content (AvgIpc) is 3.12. The van der Waals surface area contributed by atoms with E-state index in [0.29, 0.717) is 5.92 Å². The van der Waals surface area contributed by atoms with Gasteiger partial charge < -0.3 is 14.3 Å². The Kier molecular flexibility index (Phi) is 5.10. The fraction of sp³-hybridized carbons (Fsp3) is 0.667. The van der Waals surface area contributed by atoms with Gasteiger partial charge in [-0.05, 0) is 67.4 Å². The van der Waals surface area contributed by atoms with Gasteiger partial charge in [0.05, 0.1) is 31.7 Å². The van der Waals surface area contributed by atoms with Crippen LogP contribution in [0.4, 0.5) is 0 Å². The third kappa shape index (κ3) is 2.95. The fourth-order valence-corrected chi connectivity index (χ4v) is 5.74. The minimum absolute atomic E-state index is 0.0196. The number of allylic oxidation sites excluding steroid dienone is 1. The number of aliphatic hydroxyl groups excluding tert-OH is 1. The second-order valence-corrected chi connectivity index (χ2v) is 8.14. The van der Waals surface area contributed by atoms with Crippen molar-refractivity contribution in [2.45, 2.75) is 51.9 Å². The predicted molar refractivity (Wildman–Crippen MR) is 95.9 cm³/mol. The molecule has 4 heteroatoms. The van der Waals surface area contributed by atoms with Gasteiger partial charge in [-0.25, -0.2) is 0 Å². The minimum atomic E-state index is -0.754. The summed E-state index contributed by atoms with van der Waals surface area (Å²) in [7, 11) is 1.43. The zero-order valence-corrected chi connectivity index (χ0v) is 15.4. The van der Waals surface area contributed by atoms with Crippen LogP contribution in [0.1, 0.15) is 51.0 Å². The molecule has 0 aromatic carbocycles. The van der Waals surface area contributed by atoms with Crippen LogP contribution in [0.15, 0.2) is 35.2 Å². The second-order valence-electron chi connectivity index (χ2n) is 8.14. The molecule has 2 saturated carbocycles. The van der Waals surface area contributed by atoms with Crippen LogP contribution in [-0.2, 0) is 16.0 Å². The number of hydrogen-bond donors (Lipinski definition) is 1. The maximum atomic E-state index is 12.6. The first kappa shape index (κ1) is 18.2. The topological polar surface area (TPSA) is 59.7 Å². The van der Waals surface area contributed by atoms with E-state index in [-0.39, 0.29) is 23.9 Å². The number of fused-ring (bicyclic) bond motifs is 1. The molecule has 0 spiro atoms. The molecule has 1 aromatic rings. The summed E-state index contributed by atoms with van der Waals surface area (Å²) in [6.07, 6.45) is 10.0. The molecule has 4 nitrogen and oxygen atoms in total. The van der Waals surface area contributed by atoms with E-state index in [2.05, 4.69) is 13.5 Å². The molecule has 0 saturated heterocycles. The van der Waals surface area contributed by atoms with E-state index in [4.69, 9.17) is 9.15 Å². The smallest absolute Gasteiger partial charge is 0.314 e. The Bertz CT molecular complexity index is 620. The molecule has 2 fully saturated rings. The van der Waals surface area contributed by atoms with Gasteiger partial charge in [0.2, 0.25) is 0 Å². The molecule has 4 atom stereocenters. The molecule has 0 bridgehead atoms. The van der Waals surface area contributed by atoms with Gasteiger partial charge in [-0.3, -0.25) is 4.79 Å². The molecule has 1 heterocycles. The van der Waals surface area contributed by atoms with Crippen molar-refractivity contribution in [3.63, 3.8) is 0 Å². The molecule has 0 unspecified atom stereocenters. The third-order valence-electron chi connectivity index (χ3n) is 7.02. The molecule has 3 rings (SSSR count). The Morgan fingerprint density at radius 1 is 1.48 bits per heavy atom. The SMILES string of the molecule is C=C1CC[C@@H]2[C@@](CO)(C(=O)OC)CCC[C@@]2(C)[C@@H]1CCc1ccoc1. The zero-order valence-electron chi connectivity index (χ0n) is 15.4. The van der Waals surface area contributed by atoms with Crippen LogP contribution >= 0.6 is 0 Å². The number of furan rings is 1. The lowest BCUT2D eigenvalue weighted by molar-refractivity contribution is -0.176. The Hall–Kier alpha value is -1.55. The standard InChI is InChI=1S/C21H30O4/c1-15-5-8-18-20(2,17(15)7-6-16-9-12-25-13-16)10-4-11-21(18,14-22)19(23)24-3/h9,12-13,17-18,22H,1,4-8,10-11,14H2,2-3H3/t17-,18+,20+,21-/m1/s1. The summed E-state index contributed by atoms with van der Waals surface area (Å²) in [5, 5.41) is 10.2. The molecule has 2 aliphatic carbocycles. The molecule has 25 heavy (non-hydrogen) atoms. The summed E-state index contributed by atoms with van der Waals surface area (Å²) in [6, 6.07) is 2.01. The first-order valence-corrected chi connectivity index (χ1v) is 9.36. The maximum absolute atomic E-state index is 12.6. The number of esters is 1. The normalized spacial score (nSPS) is 35.2. The van der Waals surface area contributed by atoms with Gasteiger partial charge in [-0.1, -0.05) is 25.5 Å². The van der Waals surface area contributed by atoms with Crippen molar-refractivity contribution in [3.05, 3.63) is 36.3 Å². The van der Waals surface area contributed by atoms with Crippen molar-refractivity contribution in [2.75, 3.05) is 13.7 Å². The van der Waals surface area contributed by atoms with Gasteiger partial charge in [0, 0.05) is 0 Å². The van der Waals surface area contributed by atoms with E-state index in [1.807, 2.05) is 6.07 Å². The molecule has 0 aliphatic heterocycles. The van der Waals surface area contributed by atoms with Crippen molar-refractivity contribution < 1.29 is 19.1 Å². The quantitative estimate of drug-likeness (QED) is 0.643. The fourth-order valence-electron chi connectivity index (χ4n) is 5.74. The lowest BCUT2D eigenvalue weighted by Gasteiger charge is -2.58. The highest BCUT2D eigenvalue weighted by atomic mass is 16.5. The number of carbonyl (C=O) groups excluding carboxylic acids is 1. The summed E-state index contributed by atoms with van der Waals surface area (Å²) in [4.78, 5) is 12.6. The van der Waals surface area contributed by atoms with E-state index >= 15 is 0 Å². The number of hydrogen-bond acceptors (Lipinski definition) is 4. The Labute approximate surface area is 150 Å². The van der Waals surface area contributed by atoms with Crippen LogP contribution in [0.25, 0.3) is 0 Å². The van der Waals surface area contributed by atoms with Gasteiger partial charge in [0.25, 0.3) is 0 Å². The summed E-state index contributed by atoms with van der Waals surface area (Å²) in [5.74, 6) is 0.259. The number of rotatable bonds is 5. The Morgan fingerprint density at radius 3 is 2.92 bits per heavy atom. The third-order valence-corrected chi connectivity index (χ3v) is 7.02.